The van der Waals surface area contributed by atoms with Crippen molar-refractivity contribution in [3.63, 3.8) is 0 Å². The molecule has 1 amide bonds. The second-order valence-electron chi connectivity index (χ2n) is 9.10. The van der Waals surface area contributed by atoms with Gasteiger partial charge in [0.1, 0.15) is 12.4 Å². The molecule has 0 radical (unpaired) electrons. The molecule has 1 N–H and O–H groups in total. The van der Waals surface area contributed by atoms with Crippen LogP contribution in [-0.2, 0) is 22.7 Å². The lowest BCUT2D eigenvalue weighted by Gasteiger charge is -2.26. The van der Waals surface area contributed by atoms with Gasteiger partial charge in [-0.25, -0.2) is 0 Å². The topological polar surface area (TPSA) is 76.1 Å². The molecule has 0 aromatic heterocycles. The zero-order chi connectivity index (χ0) is 27.4. The van der Waals surface area contributed by atoms with Crippen LogP contribution in [0.25, 0.3) is 5.76 Å². The zero-order valence-electron chi connectivity index (χ0n) is 21.2. The Kier molecular flexibility index (Phi) is 7.66. The van der Waals surface area contributed by atoms with Crippen LogP contribution in [0, 0.1) is 0 Å². The molecular weight excluding hydrogens is 514 g/mol. The van der Waals surface area contributed by atoms with E-state index in [1.807, 2.05) is 60.7 Å². The Balaban J connectivity index is 1.57. The summed E-state index contributed by atoms with van der Waals surface area (Å²) in [6.45, 7) is 0.529. The van der Waals surface area contributed by atoms with Crippen LogP contribution in [0.3, 0.4) is 0 Å². The minimum absolute atomic E-state index is 0.00161. The van der Waals surface area contributed by atoms with E-state index in [0.717, 1.165) is 11.1 Å². The molecule has 5 rings (SSSR count). The highest BCUT2D eigenvalue weighted by molar-refractivity contribution is 6.46. The summed E-state index contributed by atoms with van der Waals surface area (Å²) < 4.78 is 11.6. The number of hydrogen-bond donors (Lipinski definition) is 1. The maximum atomic E-state index is 13.4. The van der Waals surface area contributed by atoms with Crippen molar-refractivity contribution < 1.29 is 24.2 Å². The fourth-order valence-corrected chi connectivity index (χ4v) is 4.77. The van der Waals surface area contributed by atoms with Crippen molar-refractivity contribution in [3.8, 4) is 11.5 Å². The molecule has 1 aliphatic rings. The minimum Gasteiger partial charge on any atom is -0.507 e. The number of hydrogen-bond acceptors (Lipinski definition) is 5. The minimum atomic E-state index is -0.849. The predicted octanol–water partition coefficient (Wildman–Crippen LogP) is 6.55. The Morgan fingerprint density at radius 3 is 2.13 bits per heavy atom. The molecule has 1 heterocycles. The Morgan fingerprint density at radius 1 is 0.846 bits per heavy atom. The molecule has 0 aliphatic carbocycles. The molecular formula is C32H26ClNO5. The number of benzene rings is 4. The largest absolute Gasteiger partial charge is 0.507 e. The number of methoxy groups -OCH3 is 1. The van der Waals surface area contributed by atoms with Crippen molar-refractivity contribution in [2.24, 2.45) is 0 Å². The molecule has 39 heavy (non-hydrogen) atoms. The first kappa shape index (κ1) is 26.1. The van der Waals surface area contributed by atoms with E-state index in [0.29, 0.717) is 34.3 Å². The number of carbonyl (C=O) groups is 2. The van der Waals surface area contributed by atoms with Gasteiger partial charge < -0.3 is 19.5 Å². The summed E-state index contributed by atoms with van der Waals surface area (Å²) in [6, 6.07) is 30.0. The average Bonchev–Trinajstić information content (AvgIpc) is 3.22. The number of ketones is 1. The highest BCUT2D eigenvalue weighted by Gasteiger charge is 2.46. The molecule has 7 heteroatoms. The number of nitrogens with zero attached hydrogens (tertiary/aromatic N) is 1. The Bertz CT molecular complexity index is 1520. The number of amides is 1. The molecule has 1 aliphatic heterocycles. The number of Topliss-reactive ketones (excluding diaryl/α,β-unsaturated/α-hetero) is 1. The normalized spacial score (nSPS) is 16.4. The second kappa shape index (κ2) is 11.5. The smallest absolute Gasteiger partial charge is 0.295 e. The van der Waals surface area contributed by atoms with Crippen molar-refractivity contribution in [1.82, 2.24) is 4.90 Å². The molecule has 4 aromatic carbocycles. The van der Waals surface area contributed by atoms with Crippen LogP contribution in [0.5, 0.6) is 11.5 Å². The molecule has 1 saturated heterocycles. The van der Waals surface area contributed by atoms with E-state index in [9.17, 15) is 14.7 Å². The van der Waals surface area contributed by atoms with Gasteiger partial charge in [0.15, 0.2) is 11.5 Å². The second-order valence-corrected chi connectivity index (χ2v) is 9.54. The van der Waals surface area contributed by atoms with Gasteiger partial charge in [-0.05, 0) is 53.1 Å². The summed E-state index contributed by atoms with van der Waals surface area (Å²) in [5.41, 5.74) is 2.84. The fourth-order valence-electron chi connectivity index (χ4n) is 4.64. The molecule has 0 spiro atoms. The number of halogens is 1. The van der Waals surface area contributed by atoms with Crippen molar-refractivity contribution in [2.75, 3.05) is 7.11 Å². The molecule has 1 atom stereocenters. The number of likely N-dealkylation sites (tertiary alicyclic amines) is 1. The van der Waals surface area contributed by atoms with E-state index in [-0.39, 0.29) is 17.9 Å². The summed E-state index contributed by atoms with van der Waals surface area (Å²) in [4.78, 5) is 28.2. The van der Waals surface area contributed by atoms with Gasteiger partial charge in [0.2, 0.25) is 0 Å². The Hall–Kier alpha value is -4.55. The lowest BCUT2D eigenvalue weighted by atomic mass is 9.94. The van der Waals surface area contributed by atoms with Crippen molar-refractivity contribution >= 4 is 29.1 Å². The SMILES string of the molecule is COc1cc(C2/C(=C(\O)c3ccc(Cl)cc3)C(=O)C(=O)N2Cc2ccccc2)ccc1OCc1ccccc1. The molecule has 0 bridgehead atoms. The summed E-state index contributed by atoms with van der Waals surface area (Å²) in [5.74, 6) is -0.758. The number of aliphatic hydroxyl groups is 1. The third-order valence-corrected chi connectivity index (χ3v) is 6.85. The van der Waals surface area contributed by atoms with E-state index in [1.54, 1.807) is 42.5 Å². The van der Waals surface area contributed by atoms with Crippen molar-refractivity contribution in [1.29, 1.82) is 0 Å². The van der Waals surface area contributed by atoms with Crippen LogP contribution in [0.1, 0.15) is 28.3 Å². The highest BCUT2D eigenvalue weighted by Crippen LogP contribution is 2.43. The molecule has 1 fully saturated rings. The first-order chi connectivity index (χ1) is 19.0. The van der Waals surface area contributed by atoms with E-state index in [4.69, 9.17) is 21.1 Å². The lowest BCUT2D eigenvalue weighted by Crippen LogP contribution is -2.29. The molecule has 4 aromatic rings. The van der Waals surface area contributed by atoms with Crippen LogP contribution < -0.4 is 9.47 Å². The average molecular weight is 540 g/mol. The van der Waals surface area contributed by atoms with E-state index >= 15 is 0 Å². The summed E-state index contributed by atoms with van der Waals surface area (Å²) >= 11 is 6.03. The third kappa shape index (κ3) is 5.52. The van der Waals surface area contributed by atoms with Gasteiger partial charge in [0.05, 0.1) is 18.7 Å². The van der Waals surface area contributed by atoms with Crippen molar-refractivity contribution in [3.05, 3.63) is 136 Å². The van der Waals surface area contributed by atoms with Gasteiger partial charge in [0.25, 0.3) is 11.7 Å². The highest BCUT2D eigenvalue weighted by atomic mass is 35.5. The molecule has 1 unspecified atom stereocenters. The number of aliphatic hydroxyl groups excluding tert-OH is 1. The Labute approximate surface area is 231 Å². The summed E-state index contributed by atoms with van der Waals surface area (Å²) in [6.07, 6.45) is 0. The maximum Gasteiger partial charge on any atom is 0.295 e. The van der Waals surface area contributed by atoms with Crippen LogP contribution >= 0.6 is 11.6 Å². The van der Waals surface area contributed by atoms with Crippen LogP contribution in [0.2, 0.25) is 5.02 Å². The number of rotatable bonds is 8. The lowest BCUT2D eigenvalue weighted by molar-refractivity contribution is -0.140. The van der Waals surface area contributed by atoms with Gasteiger partial charge in [-0.1, -0.05) is 78.3 Å². The standard InChI is InChI=1S/C32H26ClNO5/c1-38-27-18-24(14-17-26(27)39-20-22-10-6-3-7-11-22)29-28(30(35)23-12-15-25(33)16-13-23)31(36)32(37)34(29)19-21-8-4-2-5-9-21/h2-18,29,35H,19-20H2,1H3/b30-28+. The van der Waals surface area contributed by atoms with Crippen LogP contribution in [0.15, 0.2) is 109 Å². The summed E-state index contributed by atoms with van der Waals surface area (Å²) in [7, 11) is 1.53. The molecule has 0 saturated carbocycles. The first-order valence-corrected chi connectivity index (χ1v) is 12.8. The summed E-state index contributed by atoms with van der Waals surface area (Å²) in [5, 5.41) is 11.8. The zero-order valence-corrected chi connectivity index (χ0v) is 22.0. The van der Waals surface area contributed by atoms with Gasteiger partial charge in [0, 0.05) is 17.1 Å². The predicted molar refractivity (Wildman–Crippen MR) is 150 cm³/mol. The van der Waals surface area contributed by atoms with E-state index < -0.39 is 17.7 Å². The van der Waals surface area contributed by atoms with E-state index in [2.05, 4.69) is 0 Å². The quantitative estimate of drug-likeness (QED) is 0.156. The van der Waals surface area contributed by atoms with E-state index in [1.165, 1.54) is 12.0 Å². The van der Waals surface area contributed by atoms with Gasteiger partial charge in [-0.2, -0.15) is 0 Å². The van der Waals surface area contributed by atoms with Crippen LogP contribution in [-0.4, -0.2) is 28.8 Å². The molecule has 196 valence electrons. The fraction of sp³-hybridized carbons (Fsp3) is 0.125. The van der Waals surface area contributed by atoms with Gasteiger partial charge >= 0.3 is 0 Å². The monoisotopic (exact) mass is 539 g/mol. The van der Waals surface area contributed by atoms with Crippen LogP contribution in [0.4, 0.5) is 0 Å². The third-order valence-electron chi connectivity index (χ3n) is 6.59. The number of ether oxygens (including phenoxy) is 2. The number of carbonyl (C=O) groups excluding carboxylic acids is 2. The van der Waals surface area contributed by atoms with Gasteiger partial charge in [-0.3, -0.25) is 9.59 Å². The first-order valence-electron chi connectivity index (χ1n) is 12.4. The maximum absolute atomic E-state index is 13.4. The Morgan fingerprint density at radius 2 is 1.49 bits per heavy atom. The van der Waals surface area contributed by atoms with Crippen molar-refractivity contribution in [2.45, 2.75) is 19.2 Å². The molecule has 6 nitrogen and oxygen atoms in total. The van der Waals surface area contributed by atoms with Gasteiger partial charge in [-0.15, -0.1) is 0 Å².